The third-order valence-electron chi connectivity index (χ3n) is 2.40. The molecular formula is C15H21NO3S. The van der Waals surface area contributed by atoms with Gasteiger partial charge in [-0.25, -0.2) is 0 Å². The summed E-state index contributed by atoms with van der Waals surface area (Å²) in [4.78, 5) is 12.6. The first kappa shape index (κ1) is 16.7. The normalized spacial score (nSPS) is 9.90. The standard InChI is InChI=1S/C15H21NO3S/c1-2-8-19-9-6-15(18)16-11-14-10-13(12-20-14)5-3-4-7-17/h10,12,17H,2,4,6-9,11H2,1H3,(H,16,18). The average Bonchev–Trinajstić information content (AvgIpc) is 2.90. The zero-order valence-corrected chi connectivity index (χ0v) is 12.6. The molecule has 0 bridgehead atoms. The number of aliphatic hydroxyl groups excluding tert-OH is 1. The lowest BCUT2D eigenvalue weighted by Crippen LogP contribution is -2.23. The van der Waals surface area contributed by atoms with Crippen LogP contribution in [0.3, 0.4) is 0 Å². The van der Waals surface area contributed by atoms with Gasteiger partial charge in [-0.2, -0.15) is 0 Å². The highest BCUT2D eigenvalue weighted by atomic mass is 32.1. The van der Waals surface area contributed by atoms with Crippen LogP contribution in [0.4, 0.5) is 0 Å². The van der Waals surface area contributed by atoms with Gasteiger partial charge in [-0.1, -0.05) is 18.8 Å². The van der Waals surface area contributed by atoms with Gasteiger partial charge in [0.05, 0.1) is 19.8 Å². The Balaban J connectivity index is 2.25. The van der Waals surface area contributed by atoms with Gasteiger partial charge in [0.15, 0.2) is 0 Å². The minimum Gasteiger partial charge on any atom is -0.395 e. The molecule has 20 heavy (non-hydrogen) atoms. The lowest BCUT2D eigenvalue weighted by Gasteiger charge is -2.04. The first-order valence-electron chi connectivity index (χ1n) is 6.77. The van der Waals surface area contributed by atoms with Crippen molar-refractivity contribution >= 4 is 17.2 Å². The fraction of sp³-hybridized carbons (Fsp3) is 0.533. The second kappa shape index (κ2) is 10.4. The Morgan fingerprint density at radius 2 is 2.35 bits per heavy atom. The van der Waals surface area contributed by atoms with Gasteiger partial charge < -0.3 is 15.2 Å². The molecule has 5 heteroatoms. The first-order chi connectivity index (χ1) is 9.76. The Kier molecular flexibility index (Phi) is 8.72. The highest BCUT2D eigenvalue weighted by Crippen LogP contribution is 2.13. The molecule has 1 rings (SSSR count). The number of hydrogen-bond donors (Lipinski definition) is 2. The van der Waals surface area contributed by atoms with Gasteiger partial charge in [0.2, 0.25) is 5.91 Å². The lowest BCUT2D eigenvalue weighted by atomic mass is 10.3. The van der Waals surface area contributed by atoms with E-state index in [1.807, 2.05) is 18.4 Å². The minimum absolute atomic E-state index is 0.00224. The number of carbonyl (C=O) groups is 1. The Morgan fingerprint density at radius 3 is 3.10 bits per heavy atom. The summed E-state index contributed by atoms with van der Waals surface area (Å²) in [6, 6.07) is 1.96. The molecule has 0 aliphatic heterocycles. The van der Waals surface area contributed by atoms with Gasteiger partial charge in [0.1, 0.15) is 0 Å². The molecule has 1 heterocycles. The number of ether oxygens (including phenoxy) is 1. The maximum atomic E-state index is 11.6. The molecule has 1 aromatic rings. The summed E-state index contributed by atoms with van der Waals surface area (Å²) in [5.74, 6) is 5.84. The number of amides is 1. The number of nitrogens with one attached hydrogen (secondary N) is 1. The van der Waals surface area contributed by atoms with E-state index in [1.54, 1.807) is 11.3 Å². The largest absolute Gasteiger partial charge is 0.395 e. The van der Waals surface area contributed by atoms with Crippen molar-refractivity contribution in [2.45, 2.75) is 32.7 Å². The first-order valence-corrected chi connectivity index (χ1v) is 7.65. The lowest BCUT2D eigenvalue weighted by molar-refractivity contribution is -0.122. The topological polar surface area (TPSA) is 58.6 Å². The van der Waals surface area contributed by atoms with Crippen LogP contribution in [0.5, 0.6) is 0 Å². The van der Waals surface area contributed by atoms with Gasteiger partial charge in [-0.15, -0.1) is 11.3 Å². The zero-order valence-electron chi connectivity index (χ0n) is 11.8. The van der Waals surface area contributed by atoms with Crippen molar-refractivity contribution in [3.8, 4) is 11.8 Å². The average molecular weight is 295 g/mol. The molecule has 0 fully saturated rings. The van der Waals surface area contributed by atoms with Crippen LogP contribution in [0.15, 0.2) is 11.4 Å². The van der Waals surface area contributed by atoms with E-state index >= 15 is 0 Å². The summed E-state index contributed by atoms with van der Waals surface area (Å²) >= 11 is 1.57. The fourth-order valence-electron chi connectivity index (χ4n) is 1.44. The molecule has 4 nitrogen and oxygen atoms in total. The third-order valence-corrected chi connectivity index (χ3v) is 3.34. The molecule has 0 aromatic carbocycles. The molecular weight excluding hydrogens is 274 g/mol. The Hall–Kier alpha value is -1.35. The quantitative estimate of drug-likeness (QED) is 0.569. The van der Waals surface area contributed by atoms with E-state index in [4.69, 9.17) is 9.84 Å². The van der Waals surface area contributed by atoms with Crippen LogP contribution < -0.4 is 5.32 Å². The molecule has 0 saturated heterocycles. The molecule has 0 radical (unpaired) electrons. The molecule has 2 N–H and O–H groups in total. The van der Waals surface area contributed by atoms with Crippen molar-refractivity contribution in [3.63, 3.8) is 0 Å². The highest BCUT2D eigenvalue weighted by molar-refractivity contribution is 7.10. The molecule has 0 atom stereocenters. The molecule has 0 unspecified atom stereocenters. The maximum absolute atomic E-state index is 11.6. The van der Waals surface area contributed by atoms with E-state index in [0.717, 1.165) is 16.9 Å². The van der Waals surface area contributed by atoms with E-state index in [-0.39, 0.29) is 12.5 Å². The summed E-state index contributed by atoms with van der Waals surface area (Å²) in [5.41, 5.74) is 0.930. The van der Waals surface area contributed by atoms with Gasteiger partial charge in [-0.05, 0) is 12.5 Å². The third kappa shape index (κ3) is 7.29. The summed E-state index contributed by atoms with van der Waals surface area (Å²) in [5, 5.41) is 13.5. The molecule has 0 aliphatic carbocycles. The van der Waals surface area contributed by atoms with Crippen LogP contribution in [0, 0.1) is 11.8 Å². The van der Waals surface area contributed by atoms with Crippen molar-refractivity contribution < 1.29 is 14.6 Å². The van der Waals surface area contributed by atoms with Crippen LogP contribution in [-0.4, -0.2) is 30.8 Å². The Morgan fingerprint density at radius 1 is 1.50 bits per heavy atom. The maximum Gasteiger partial charge on any atom is 0.222 e. The number of carbonyl (C=O) groups excluding carboxylic acids is 1. The van der Waals surface area contributed by atoms with Crippen molar-refractivity contribution in [2.75, 3.05) is 19.8 Å². The van der Waals surface area contributed by atoms with Crippen LogP contribution in [0.2, 0.25) is 0 Å². The Bertz CT molecular complexity index is 459. The smallest absolute Gasteiger partial charge is 0.222 e. The van der Waals surface area contributed by atoms with Gasteiger partial charge in [-0.3, -0.25) is 4.79 Å². The molecule has 1 aromatic heterocycles. The highest BCUT2D eigenvalue weighted by Gasteiger charge is 2.03. The molecule has 1 amide bonds. The molecule has 0 saturated carbocycles. The predicted octanol–water partition coefficient (Wildman–Crippen LogP) is 1.91. The predicted molar refractivity (Wildman–Crippen MR) is 80.5 cm³/mol. The van der Waals surface area contributed by atoms with Crippen LogP contribution in [0.1, 0.15) is 36.6 Å². The van der Waals surface area contributed by atoms with E-state index in [2.05, 4.69) is 17.2 Å². The Labute approximate surface area is 124 Å². The number of hydrogen-bond acceptors (Lipinski definition) is 4. The summed E-state index contributed by atoms with van der Waals surface area (Å²) in [6.07, 6.45) is 1.85. The van der Waals surface area contributed by atoms with Crippen LogP contribution in [-0.2, 0) is 16.1 Å². The van der Waals surface area contributed by atoms with Gasteiger partial charge in [0.25, 0.3) is 0 Å². The summed E-state index contributed by atoms with van der Waals surface area (Å²) < 4.78 is 5.27. The van der Waals surface area contributed by atoms with Crippen molar-refractivity contribution in [1.82, 2.24) is 5.32 Å². The molecule has 0 aliphatic rings. The minimum atomic E-state index is 0.00224. The zero-order chi connectivity index (χ0) is 14.6. The van der Waals surface area contributed by atoms with E-state index in [0.29, 0.717) is 32.6 Å². The molecule has 110 valence electrons. The summed E-state index contributed by atoms with van der Waals surface area (Å²) in [7, 11) is 0. The number of rotatable bonds is 8. The van der Waals surface area contributed by atoms with Crippen molar-refractivity contribution in [2.24, 2.45) is 0 Å². The van der Waals surface area contributed by atoms with Gasteiger partial charge in [0, 0.05) is 35.3 Å². The fourth-order valence-corrected chi connectivity index (χ4v) is 2.20. The second-order valence-electron chi connectivity index (χ2n) is 4.22. The van der Waals surface area contributed by atoms with Crippen LogP contribution in [0.25, 0.3) is 0 Å². The van der Waals surface area contributed by atoms with Gasteiger partial charge >= 0.3 is 0 Å². The number of aliphatic hydroxyl groups is 1. The summed E-state index contributed by atoms with van der Waals surface area (Å²) in [6.45, 7) is 3.83. The van der Waals surface area contributed by atoms with Crippen LogP contribution >= 0.6 is 11.3 Å². The van der Waals surface area contributed by atoms with Crippen molar-refractivity contribution in [3.05, 3.63) is 21.9 Å². The van der Waals surface area contributed by atoms with E-state index in [9.17, 15) is 4.79 Å². The number of thiophene rings is 1. The van der Waals surface area contributed by atoms with Crippen molar-refractivity contribution in [1.29, 1.82) is 0 Å². The SMILES string of the molecule is CCCOCCC(=O)NCc1cc(C#CCCO)cs1. The van der Waals surface area contributed by atoms with E-state index in [1.165, 1.54) is 0 Å². The second-order valence-corrected chi connectivity index (χ2v) is 5.21. The monoisotopic (exact) mass is 295 g/mol. The molecule has 0 spiro atoms. The van der Waals surface area contributed by atoms with E-state index < -0.39 is 0 Å².